The molecule has 0 bridgehead atoms. The Balaban J connectivity index is 2.03. The van der Waals surface area contributed by atoms with E-state index in [1.807, 2.05) is 0 Å². The second-order valence-electron chi connectivity index (χ2n) is 3.93. The summed E-state index contributed by atoms with van der Waals surface area (Å²) >= 11 is 3.71. The molecule has 0 aromatic rings. The largest absolute Gasteiger partial charge is 0.346 e. The summed E-state index contributed by atoms with van der Waals surface area (Å²) in [6.45, 7) is 1.53. The summed E-state index contributed by atoms with van der Waals surface area (Å²) in [6, 6.07) is 0. The maximum atomic E-state index is 5.76. The van der Waals surface area contributed by atoms with E-state index in [1.165, 1.54) is 32.1 Å². The number of hydrogen-bond acceptors (Lipinski definition) is 2. The Hall–Kier alpha value is 0.400. The first-order chi connectivity index (χ1) is 6.33. The van der Waals surface area contributed by atoms with Crippen molar-refractivity contribution in [2.75, 3.05) is 13.2 Å². The number of rotatable bonds is 0. The van der Waals surface area contributed by atoms with Crippen LogP contribution in [0.3, 0.4) is 0 Å². The molecule has 2 nitrogen and oxygen atoms in total. The van der Waals surface area contributed by atoms with Gasteiger partial charge in [-0.1, -0.05) is 35.2 Å². The molecule has 2 fully saturated rings. The second kappa shape index (κ2) is 4.28. The molecule has 2 aliphatic rings. The first kappa shape index (κ1) is 9.94. The van der Waals surface area contributed by atoms with Gasteiger partial charge in [-0.3, -0.25) is 0 Å². The van der Waals surface area contributed by atoms with Crippen molar-refractivity contribution < 1.29 is 9.47 Å². The lowest BCUT2D eigenvalue weighted by molar-refractivity contribution is -0.164. The molecule has 0 unspecified atom stereocenters. The molecule has 13 heavy (non-hydrogen) atoms. The van der Waals surface area contributed by atoms with Crippen LogP contribution >= 0.6 is 15.9 Å². The van der Waals surface area contributed by atoms with Crippen molar-refractivity contribution >= 4 is 15.9 Å². The summed E-state index contributed by atoms with van der Waals surface area (Å²) in [7, 11) is 0. The van der Waals surface area contributed by atoms with Gasteiger partial charge in [0.05, 0.1) is 18.0 Å². The van der Waals surface area contributed by atoms with Crippen LogP contribution in [0.2, 0.25) is 0 Å². The fourth-order valence-electron chi connectivity index (χ4n) is 2.22. The molecule has 1 aliphatic carbocycles. The lowest BCUT2D eigenvalue weighted by Crippen LogP contribution is -2.40. The van der Waals surface area contributed by atoms with Gasteiger partial charge < -0.3 is 9.47 Å². The number of hydrogen-bond donors (Lipinski definition) is 0. The zero-order chi connectivity index (χ0) is 9.15. The third kappa shape index (κ3) is 2.08. The van der Waals surface area contributed by atoms with E-state index in [0.717, 1.165) is 19.6 Å². The average Bonchev–Trinajstić information content (AvgIpc) is 2.58. The highest BCUT2D eigenvalue weighted by Crippen LogP contribution is 2.37. The van der Waals surface area contributed by atoms with Crippen LogP contribution in [0.5, 0.6) is 0 Å². The van der Waals surface area contributed by atoms with Crippen LogP contribution in [-0.2, 0) is 9.47 Å². The summed E-state index contributed by atoms with van der Waals surface area (Å²) in [5, 5.41) is 0. The molecule has 76 valence electrons. The molecule has 1 heterocycles. The Kier molecular flexibility index (Phi) is 3.27. The van der Waals surface area contributed by atoms with Crippen LogP contribution in [0.15, 0.2) is 0 Å². The predicted octanol–water partition coefficient (Wildman–Crippen LogP) is 2.85. The van der Waals surface area contributed by atoms with Gasteiger partial charge in [0.15, 0.2) is 5.79 Å². The van der Waals surface area contributed by atoms with Crippen LogP contribution in [0.4, 0.5) is 0 Å². The van der Waals surface area contributed by atoms with Crippen molar-refractivity contribution in [1.29, 1.82) is 0 Å². The monoisotopic (exact) mass is 248 g/mol. The molecule has 1 saturated carbocycles. The van der Waals surface area contributed by atoms with Gasteiger partial charge in [0.2, 0.25) is 0 Å². The topological polar surface area (TPSA) is 18.5 Å². The van der Waals surface area contributed by atoms with E-state index in [4.69, 9.17) is 9.47 Å². The molecule has 0 radical (unpaired) electrons. The summed E-state index contributed by atoms with van der Waals surface area (Å²) in [4.78, 5) is 0.391. The van der Waals surface area contributed by atoms with Gasteiger partial charge in [0, 0.05) is 6.42 Å². The Morgan fingerprint density at radius 3 is 2.46 bits per heavy atom. The van der Waals surface area contributed by atoms with Gasteiger partial charge in [-0.05, 0) is 12.8 Å². The lowest BCUT2D eigenvalue weighted by Gasteiger charge is -2.33. The van der Waals surface area contributed by atoms with E-state index in [1.54, 1.807) is 0 Å². The third-order valence-corrected chi connectivity index (χ3v) is 4.14. The Labute approximate surface area is 88.1 Å². The molecule has 0 N–H and O–H groups in total. The molecule has 1 spiro atoms. The smallest absolute Gasteiger partial charge is 0.180 e. The number of alkyl halides is 1. The fraction of sp³-hybridized carbons (Fsp3) is 1.00. The minimum atomic E-state index is -0.277. The molecular weight excluding hydrogens is 232 g/mol. The van der Waals surface area contributed by atoms with E-state index < -0.39 is 0 Å². The molecule has 0 aromatic carbocycles. The molecule has 1 aliphatic heterocycles. The minimum absolute atomic E-state index is 0.277. The molecule has 0 aromatic heterocycles. The van der Waals surface area contributed by atoms with Crippen LogP contribution in [0.1, 0.15) is 38.5 Å². The Bertz CT molecular complexity index is 166. The normalized spacial score (nSPS) is 34.4. The van der Waals surface area contributed by atoms with Crippen LogP contribution < -0.4 is 0 Å². The van der Waals surface area contributed by atoms with Crippen LogP contribution in [0, 0.1) is 0 Å². The Morgan fingerprint density at radius 1 is 1.00 bits per heavy atom. The maximum absolute atomic E-state index is 5.76. The van der Waals surface area contributed by atoms with Crippen LogP contribution in [-0.4, -0.2) is 23.8 Å². The van der Waals surface area contributed by atoms with Gasteiger partial charge in [-0.25, -0.2) is 0 Å². The molecule has 1 saturated heterocycles. The van der Waals surface area contributed by atoms with E-state index >= 15 is 0 Å². The lowest BCUT2D eigenvalue weighted by atomic mass is 9.95. The second-order valence-corrected chi connectivity index (χ2v) is 5.03. The first-order valence-corrected chi connectivity index (χ1v) is 6.17. The van der Waals surface area contributed by atoms with Crippen molar-refractivity contribution in [3.8, 4) is 0 Å². The molecule has 2 rings (SSSR count). The van der Waals surface area contributed by atoms with Gasteiger partial charge in [-0.2, -0.15) is 0 Å². The van der Waals surface area contributed by atoms with Crippen molar-refractivity contribution in [2.24, 2.45) is 0 Å². The number of ether oxygens (including phenoxy) is 2. The van der Waals surface area contributed by atoms with E-state index in [2.05, 4.69) is 15.9 Å². The van der Waals surface area contributed by atoms with Gasteiger partial charge >= 0.3 is 0 Å². The van der Waals surface area contributed by atoms with Crippen molar-refractivity contribution in [1.82, 2.24) is 0 Å². The predicted molar refractivity (Wildman–Crippen MR) is 55.1 cm³/mol. The van der Waals surface area contributed by atoms with Gasteiger partial charge in [-0.15, -0.1) is 0 Å². The fourth-order valence-corrected chi connectivity index (χ4v) is 3.04. The standard InChI is InChI=1S/C10H17BrO2/c11-9-5-3-1-2-4-6-10(9)12-7-8-13-10/h9H,1-8H2/t9-/m1/s1. The molecule has 1 atom stereocenters. The highest BCUT2D eigenvalue weighted by molar-refractivity contribution is 9.09. The van der Waals surface area contributed by atoms with E-state index in [9.17, 15) is 0 Å². The van der Waals surface area contributed by atoms with Gasteiger partial charge in [0.1, 0.15) is 0 Å². The van der Waals surface area contributed by atoms with Crippen molar-refractivity contribution in [3.05, 3.63) is 0 Å². The minimum Gasteiger partial charge on any atom is -0.346 e. The third-order valence-electron chi connectivity index (χ3n) is 2.99. The molecule has 0 amide bonds. The average molecular weight is 249 g/mol. The molecule has 3 heteroatoms. The summed E-state index contributed by atoms with van der Waals surface area (Å²) in [6.07, 6.45) is 7.46. The Morgan fingerprint density at radius 2 is 1.69 bits per heavy atom. The number of halogens is 1. The maximum Gasteiger partial charge on any atom is 0.180 e. The zero-order valence-corrected chi connectivity index (χ0v) is 9.51. The summed E-state index contributed by atoms with van der Waals surface area (Å²) in [5.74, 6) is -0.277. The molecular formula is C10H17BrO2. The zero-order valence-electron chi connectivity index (χ0n) is 7.93. The van der Waals surface area contributed by atoms with E-state index in [-0.39, 0.29) is 5.79 Å². The summed E-state index contributed by atoms with van der Waals surface area (Å²) in [5.41, 5.74) is 0. The van der Waals surface area contributed by atoms with Crippen molar-refractivity contribution in [2.45, 2.75) is 49.1 Å². The van der Waals surface area contributed by atoms with Gasteiger partial charge in [0.25, 0.3) is 0 Å². The summed E-state index contributed by atoms with van der Waals surface area (Å²) < 4.78 is 11.5. The van der Waals surface area contributed by atoms with Crippen LogP contribution in [0.25, 0.3) is 0 Å². The van der Waals surface area contributed by atoms with Crippen molar-refractivity contribution in [3.63, 3.8) is 0 Å². The SMILES string of the molecule is Br[C@@H]1CCCCCCC12OCCO2. The highest BCUT2D eigenvalue weighted by atomic mass is 79.9. The quantitative estimate of drug-likeness (QED) is 0.614. The van der Waals surface area contributed by atoms with E-state index in [0.29, 0.717) is 4.83 Å². The highest BCUT2D eigenvalue weighted by Gasteiger charge is 2.42. The first-order valence-electron chi connectivity index (χ1n) is 5.25.